The van der Waals surface area contributed by atoms with E-state index in [1.807, 2.05) is 32.9 Å². The van der Waals surface area contributed by atoms with Gasteiger partial charge in [0.1, 0.15) is 11.6 Å². The Morgan fingerprint density at radius 2 is 1.91 bits per heavy atom. The normalized spacial score (nSPS) is 16.1. The lowest BCUT2D eigenvalue weighted by Crippen LogP contribution is -2.31. The number of Topliss-reactive ketones (excluding diaryl/α,β-unsaturated/α-hetero) is 1. The minimum absolute atomic E-state index is 0.0661. The fourth-order valence-electron chi connectivity index (χ4n) is 5.84. The third kappa shape index (κ3) is 6.90. The Balaban J connectivity index is 1.66. The van der Waals surface area contributed by atoms with Crippen molar-refractivity contribution >= 4 is 23.3 Å². The lowest BCUT2D eigenvalue weighted by atomic mass is 9.84. The van der Waals surface area contributed by atoms with Crippen molar-refractivity contribution < 1.29 is 33.3 Å². The second kappa shape index (κ2) is 13.5. The second-order valence-electron chi connectivity index (χ2n) is 12.4. The molecular formula is C33H41FN4O6. The highest BCUT2D eigenvalue weighted by atomic mass is 19.1. The monoisotopic (exact) mass is 608 g/mol. The van der Waals surface area contributed by atoms with Gasteiger partial charge in [-0.15, -0.1) is 0 Å². The van der Waals surface area contributed by atoms with Gasteiger partial charge in [0, 0.05) is 43.6 Å². The lowest BCUT2D eigenvalue weighted by Gasteiger charge is -2.30. The van der Waals surface area contributed by atoms with Gasteiger partial charge in [-0.2, -0.15) is 5.26 Å². The molecular weight excluding hydrogens is 567 g/mol. The van der Waals surface area contributed by atoms with Crippen LogP contribution >= 0.6 is 0 Å². The molecule has 0 aromatic heterocycles. The van der Waals surface area contributed by atoms with Crippen molar-refractivity contribution in [1.29, 1.82) is 10.7 Å². The number of fused-ring (bicyclic) bond motifs is 1. The van der Waals surface area contributed by atoms with Gasteiger partial charge in [-0.1, -0.05) is 20.8 Å². The predicted octanol–water partition coefficient (Wildman–Crippen LogP) is 5.54. The molecule has 0 bridgehead atoms. The Morgan fingerprint density at radius 1 is 1.16 bits per heavy atom. The highest BCUT2D eigenvalue weighted by molar-refractivity contribution is 6.06. The smallest absolute Gasteiger partial charge is 0.303 e. The van der Waals surface area contributed by atoms with Crippen molar-refractivity contribution in [3.8, 4) is 23.3 Å². The van der Waals surface area contributed by atoms with Gasteiger partial charge in [-0.25, -0.2) is 4.39 Å². The standard InChI is InChI=1S/C33H41FN4O6/c1-33(2,3)23-14-21(25(39)19-38-18-22-16-26(42-4)31(43-5)29(34)28(22)32(38)36)15-24(37-12-10-20(17-37)9-11-35)30(23)44-13-7-6-8-27(40)41/h14-16,20,36H,6-10,12-13,17-19H2,1-5H3,(H,40,41). The van der Waals surface area contributed by atoms with Gasteiger partial charge in [0.05, 0.1) is 44.7 Å². The van der Waals surface area contributed by atoms with Crippen LogP contribution in [0.4, 0.5) is 10.1 Å². The first kappa shape index (κ1) is 32.6. The number of rotatable bonds is 13. The molecule has 2 N–H and O–H groups in total. The number of hydrogen-bond acceptors (Lipinski definition) is 8. The first-order valence-electron chi connectivity index (χ1n) is 14.8. The molecule has 1 fully saturated rings. The zero-order valence-corrected chi connectivity index (χ0v) is 26.1. The van der Waals surface area contributed by atoms with Gasteiger partial charge in [0.15, 0.2) is 23.1 Å². The summed E-state index contributed by atoms with van der Waals surface area (Å²) in [7, 11) is 2.76. The molecule has 44 heavy (non-hydrogen) atoms. The highest BCUT2D eigenvalue weighted by Crippen LogP contribution is 2.43. The van der Waals surface area contributed by atoms with Crippen LogP contribution in [-0.2, 0) is 16.8 Å². The molecule has 236 valence electrons. The van der Waals surface area contributed by atoms with Crippen LogP contribution in [0.15, 0.2) is 18.2 Å². The molecule has 2 aromatic carbocycles. The quantitative estimate of drug-likeness (QED) is 0.222. The van der Waals surface area contributed by atoms with Crippen LogP contribution in [0, 0.1) is 28.5 Å². The fraction of sp³-hybridized carbons (Fsp3) is 0.515. The van der Waals surface area contributed by atoms with Crippen molar-refractivity contribution in [3.63, 3.8) is 0 Å². The Bertz CT molecular complexity index is 1480. The molecule has 2 aliphatic rings. The van der Waals surface area contributed by atoms with Crippen LogP contribution < -0.4 is 19.1 Å². The lowest BCUT2D eigenvalue weighted by molar-refractivity contribution is -0.137. The molecule has 2 aromatic rings. The van der Waals surface area contributed by atoms with Crippen LogP contribution in [0.2, 0.25) is 0 Å². The Morgan fingerprint density at radius 3 is 2.55 bits per heavy atom. The predicted molar refractivity (Wildman–Crippen MR) is 164 cm³/mol. The van der Waals surface area contributed by atoms with Crippen molar-refractivity contribution in [2.24, 2.45) is 5.92 Å². The summed E-state index contributed by atoms with van der Waals surface area (Å²) in [5.74, 6) is -0.856. The summed E-state index contributed by atoms with van der Waals surface area (Å²) in [5.41, 5.74) is 2.28. The Labute approximate surface area is 257 Å². The molecule has 4 rings (SSSR count). The minimum Gasteiger partial charge on any atom is -0.493 e. The first-order valence-corrected chi connectivity index (χ1v) is 14.8. The van der Waals surface area contributed by atoms with Crippen LogP contribution in [0.25, 0.3) is 0 Å². The molecule has 1 atom stereocenters. The number of unbranched alkanes of at least 4 members (excludes halogenated alkanes) is 1. The average molecular weight is 609 g/mol. The molecule has 0 radical (unpaired) electrons. The number of aliphatic carboxylic acids is 1. The van der Waals surface area contributed by atoms with E-state index in [1.54, 1.807) is 6.07 Å². The largest absolute Gasteiger partial charge is 0.493 e. The number of ketones is 1. The van der Waals surface area contributed by atoms with Crippen LogP contribution in [0.3, 0.4) is 0 Å². The van der Waals surface area contributed by atoms with Gasteiger partial charge >= 0.3 is 5.97 Å². The topological polar surface area (TPSA) is 136 Å². The summed E-state index contributed by atoms with van der Waals surface area (Å²) < 4.78 is 32.1. The highest BCUT2D eigenvalue weighted by Gasteiger charge is 2.34. The summed E-state index contributed by atoms with van der Waals surface area (Å²) in [5, 5.41) is 27.0. The third-order valence-corrected chi connectivity index (χ3v) is 8.18. The number of carboxylic acid groups (broad SMARTS) is 1. The molecule has 1 unspecified atom stereocenters. The van der Waals surface area contributed by atoms with Gasteiger partial charge in [0.2, 0.25) is 0 Å². The molecule has 0 amide bonds. The van der Waals surface area contributed by atoms with E-state index in [0.717, 1.165) is 17.7 Å². The molecule has 2 aliphatic heterocycles. The SMILES string of the molecule is COc1cc2c(c(F)c1OC)C(=N)N(CC(=O)c1cc(N3CCC(CC#N)C3)c(OCCCCC(=O)O)c(C(C)(C)C)c1)C2. The molecule has 1 saturated heterocycles. The van der Waals surface area contributed by atoms with E-state index < -0.39 is 17.2 Å². The number of halogens is 1. The maximum Gasteiger partial charge on any atom is 0.303 e. The fourth-order valence-corrected chi connectivity index (χ4v) is 5.84. The number of ether oxygens (including phenoxy) is 3. The number of amidine groups is 1. The van der Waals surface area contributed by atoms with Gasteiger partial charge in [0.25, 0.3) is 0 Å². The molecule has 10 nitrogen and oxygen atoms in total. The van der Waals surface area contributed by atoms with Crippen LogP contribution in [0.1, 0.15) is 79.9 Å². The van der Waals surface area contributed by atoms with Crippen molar-refractivity contribution in [2.45, 2.75) is 64.8 Å². The molecule has 0 spiro atoms. The van der Waals surface area contributed by atoms with Crippen molar-refractivity contribution in [2.75, 3.05) is 45.4 Å². The number of carbonyl (C=O) groups excluding carboxylic acids is 1. The molecule has 0 aliphatic carbocycles. The zero-order chi connectivity index (χ0) is 32.2. The van der Waals surface area contributed by atoms with E-state index in [-0.39, 0.29) is 54.1 Å². The maximum absolute atomic E-state index is 15.3. The summed E-state index contributed by atoms with van der Waals surface area (Å²) >= 11 is 0. The van der Waals surface area contributed by atoms with E-state index in [1.165, 1.54) is 19.1 Å². The number of nitrogens with zero attached hydrogens (tertiary/aromatic N) is 3. The van der Waals surface area contributed by atoms with E-state index >= 15 is 4.39 Å². The van der Waals surface area contributed by atoms with E-state index in [9.17, 15) is 14.9 Å². The minimum atomic E-state index is -0.847. The number of benzene rings is 2. The summed E-state index contributed by atoms with van der Waals surface area (Å²) in [6.07, 6.45) is 2.41. The van der Waals surface area contributed by atoms with Gasteiger partial charge in [-0.3, -0.25) is 15.0 Å². The maximum atomic E-state index is 15.3. The number of hydrogen-bond donors (Lipinski definition) is 2. The number of methoxy groups -OCH3 is 2. The summed E-state index contributed by atoms with van der Waals surface area (Å²) in [6, 6.07) is 7.55. The van der Waals surface area contributed by atoms with Crippen molar-refractivity contribution in [1.82, 2.24) is 4.90 Å². The number of carbonyl (C=O) groups is 2. The first-order chi connectivity index (χ1) is 20.9. The van der Waals surface area contributed by atoms with Gasteiger partial charge < -0.3 is 29.1 Å². The molecule has 11 heteroatoms. The average Bonchev–Trinajstić information content (AvgIpc) is 3.56. The number of nitrogens with one attached hydrogen (secondary N) is 1. The van der Waals surface area contributed by atoms with E-state index in [2.05, 4.69) is 11.0 Å². The van der Waals surface area contributed by atoms with Gasteiger partial charge in [-0.05, 0) is 54.4 Å². The van der Waals surface area contributed by atoms with Crippen molar-refractivity contribution in [3.05, 3.63) is 46.3 Å². The molecule has 2 heterocycles. The molecule has 0 saturated carbocycles. The zero-order valence-electron chi connectivity index (χ0n) is 26.1. The Hall–Kier alpha value is -4.33. The van der Waals surface area contributed by atoms with Crippen LogP contribution in [0.5, 0.6) is 17.2 Å². The Kier molecular flexibility index (Phi) is 10.0. The van der Waals surface area contributed by atoms with E-state index in [4.69, 9.17) is 24.7 Å². The summed E-state index contributed by atoms with van der Waals surface area (Å²) in [4.78, 5) is 28.5. The van der Waals surface area contributed by atoms with E-state index in [0.29, 0.717) is 55.8 Å². The summed E-state index contributed by atoms with van der Waals surface area (Å²) in [6.45, 7) is 7.84. The number of anilines is 1. The second-order valence-corrected chi connectivity index (χ2v) is 12.4. The number of carboxylic acids is 1. The third-order valence-electron chi connectivity index (χ3n) is 8.18. The van der Waals surface area contributed by atoms with Crippen LogP contribution in [-0.4, -0.2) is 68.1 Å². The number of nitriles is 1.